The van der Waals surface area contributed by atoms with Crippen LogP contribution in [0.1, 0.15) is 62.4 Å². The number of aliphatic carboxylic acids is 1. The number of halogens is 4. The molecule has 0 unspecified atom stereocenters. The summed E-state index contributed by atoms with van der Waals surface area (Å²) in [5, 5.41) is 7.80. The zero-order chi connectivity index (χ0) is 28.8. The van der Waals surface area contributed by atoms with Gasteiger partial charge in [0.05, 0.1) is 0 Å². The van der Waals surface area contributed by atoms with Gasteiger partial charge in [0.2, 0.25) is 0 Å². The molecule has 0 atom stereocenters. The summed E-state index contributed by atoms with van der Waals surface area (Å²) in [7, 11) is 0. The molecule has 1 N–H and O–H groups in total. The van der Waals surface area contributed by atoms with Gasteiger partial charge >= 0.3 is 12.1 Å². The number of benzene rings is 2. The molecule has 2 aromatic carbocycles. The predicted molar refractivity (Wildman–Crippen MR) is 149 cm³/mol. The minimum Gasteiger partial charge on any atom is -0.475 e. The van der Waals surface area contributed by atoms with Crippen LogP contribution in [0.4, 0.5) is 13.2 Å². The number of carboxylic acids is 1. The van der Waals surface area contributed by atoms with Gasteiger partial charge in [-0.2, -0.15) is 13.2 Å². The van der Waals surface area contributed by atoms with Crippen molar-refractivity contribution in [3.63, 3.8) is 0 Å². The summed E-state index contributed by atoms with van der Waals surface area (Å²) < 4.78 is 32.0. The van der Waals surface area contributed by atoms with E-state index in [9.17, 15) is 18.0 Å². The van der Waals surface area contributed by atoms with E-state index in [2.05, 4.69) is 49.9 Å². The molecule has 0 saturated carbocycles. The van der Waals surface area contributed by atoms with E-state index in [0.29, 0.717) is 10.4 Å². The van der Waals surface area contributed by atoms with Crippen molar-refractivity contribution in [2.45, 2.75) is 68.8 Å². The van der Waals surface area contributed by atoms with E-state index in [-0.39, 0.29) is 10.7 Å². The lowest BCUT2D eigenvalue weighted by Crippen LogP contribution is -2.48. The number of thioether (sulfide) groups is 1. The number of carbonyl (C=O) groups is 2. The maximum absolute atomic E-state index is 12.8. The Bertz CT molecular complexity index is 1120. The summed E-state index contributed by atoms with van der Waals surface area (Å²) in [6, 6.07) is 16.2. The molecule has 2 aliphatic heterocycles. The van der Waals surface area contributed by atoms with Crippen LogP contribution in [-0.4, -0.2) is 63.9 Å². The highest BCUT2D eigenvalue weighted by Crippen LogP contribution is 2.42. The molecule has 0 radical (unpaired) electrons. The molecule has 0 aliphatic carbocycles. The quantitative estimate of drug-likeness (QED) is 0.380. The fourth-order valence-corrected chi connectivity index (χ4v) is 6.15. The number of amides is 1. The molecule has 214 valence electrons. The minimum atomic E-state index is -5.08. The lowest BCUT2D eigenvalue weighted by atomic mass is 9.71. The standard InChI is InChI=1S/C27H35ClN2OS.C2HF3O2/c1-26(2,3)32-24-7-5-4-6-22(24)20-29-16-12-27(13-17-29)14-18-30(19-15-27)25(31)21-8-10-23(28)11-9-21;3-2(4,5)1(6)7/h4-11H,12-20H2,1-3H3;(H,6,7). The van der Waals surface area contributed by atoms with E-state index in [4.69, 9.17) is 21.5 Å². The van der Waals surface area contributed by atoms with E-state index < -0.39 is 12.1 Å². The van der Waals surface area contributed by atoms with Crippen LogP contribution < -0.4 is 0 Å². The summed E-state index contributed by atoms with van der Waals surface area (Å²) >= 11 is 7.94. The molecular weight excluding hydrogens is 549 g/mol. The number of alkyl halides is 3. The zero-order valence-electron chi connectivity index (χ0n) is 22.6. The largest absolute Gasteiger partial charge is 0.490 e. The van der Waals surface area contributed by atoms with Crippen LogP contribution in [0.25, 0.3) is 0 Å². The van der Waals surface area contributed by atoms with Crippen LogP contribution in [0.3, 0.4) is 0 Å². The van der Waals surface area contributed by atoms with Gasteiger partial charge in [0, 0.05) is 39.9 Å². The van der Waals surface area contributed by atoms with Gasteiger partial charge in [-0.05, 0) is 80.1 Å². The number of nitrogens with zero attached hydrogens (tertiary/aromatic N) is 2. The summed E-state index contributed by atoms with van der Waals surface area (Å²) in [6.07, 6.45) is -0.359. The molecule has 0 aromatic heterocycles. The Morgan fingerprint density at radius 2 is 1.44 bits per heavy atom. The minimum absolute atomic E-state index is 0.141. The van der Waals surface area contributed by atoms with Gasteiger partial charge in [0.15, 0.2) is 0 Å². The maximum Gasteiger partial charge on any atom is 0.490 e. The summed E-state index contributed by atoms with van der Waals surface area (Å²) in [5.74, 6) is -2.62. The molecule has 2 heterocycles. The number of carboxylic acid groups (broad SMARTS) is 1. The first kappa shape index (κ1) is 31.3. The highest BCUT2D eigenvalue weighted by Gasteiger charge is 2.39. The normalized spacial score (nSPS) is 17.9. The number of carbonyl (C=O) groups excluding carboxylic acids is 1. The topological polar surface area (TPSA) is 60.9 Å². The van der Waals surface area contributed by atoms with Crippen molar-refractivity contribution in [2.75, 3.05) is 26.2 Å². The number of hydrogen-bond acceptors (Lipinski definition) is 4. The van der Waals surface area contributed by atoms with Gasteiger partial charge in [-0.15, -0.1) is 11.8 Å². The molecular formula is C29H36ClF3N2O3S. The second-order valence-corrected chi connectivity index (χ2v) is 13.5. The van der Waals surface area contributed by atoms with Crippen molar-refractivity contribution in [1.82, 2.24) is 9.80 Å². The Balaban J connectivity index is 0.000000532. The monoisotopic (exact) mass is 584 g/mol. The predicted octanol–water partition coefficient (Wildman–Crippen LogP) is 7.38. The van der Waals surface area contributed by atoms with Gasteiger partial charge in [0.25, 0.3) is 5.91 Å². The summed E-state index contributed by atoms with van der Waals surface area (Å²) in [6.45, 7) is 11.9. The van der Waals surface area contributed by atoms with Gasteiger partial charge in [-0.1, -0.05) is 50.6 Å². The Kier molecular flexibility index (Phi) is 10.4. The summed E-state index contributed by atoms with van der Waals surface area (Å²) in [5.41, 5.74) is 2.60. The van der Waals surface area contributed by atoms with Gasteiger partial charge < -0.3 is 10.0 Å². The zero-order valence-corrected chi connectivity index (χ0v) is 24.1. The lowest BCUT2D eigenvalue weighted by molar-refractivity contribution is -0.192. The SMILES string of the molecule is CC(C)(C)Sc1ccccc1CN1CCC2(CC1)CCN(C(=O)c1ccc(Cl)cc1)CC2.O=C(O)C(F)(F)F. The van der Waals surface area contributed by atoms with E-state index in [1.54, 1.807) is 12.1 Å². The molecule has 39 heavy (non-hydrogen) atoms. The van der Waals surface area contributed by atoms with Crippen molar-refractivity contribution in [2.24, 2.45) is 5.41 Å². The molecule has 4 rings (SSSR count). The maximum atomic E-state index is 12.8. The van der Waals surface area contributed by atoms with Crippen molar-refractivity contribution in [3.8, 4) is 0 Å². The number of likely N-dealkylation sites (tertiary alicyclic amines) is 2. The average Bonchev–Trinajstić information content (AvgIpc) is 2.86. The first-order valence-corrected chi connectivity index (χ1v) is 14.2. The van der Waals surface area contributed by atoms with Crippen LogP contribution >= 0.6 is 23.4 Å². The Morgan fingerprint density at radius 3 is 1.95 bits per heavy atom. The molecule has 1 amide bonds. The summed E-state index contributed by atoms with van der Waals surface area (Å²) in [4.78, 5) is 27.8. The number of piperidine rings is 2. The number of hydrogen-bond donors (Lipinski definition) is 1. The lowest BCUT2D eigenvalue weighted by Gasteiger charge is -2.47. The number of rotatable bonds is 4. The molecule has 2 aliphatic rings. The first-order chi connectivity index (χ1) is 18.2. The molecule has 0 bridgehead atoms. The van der Waals surface area contributed by atoms with Crippen LogP contribution in [-0.2, 0) is 11.3 Å². The van der Waals surface area contributed by atoms with Crippen molar-refractivity contribution >= 4 is 35.2 Å². The Labute approximate surface area is 237 Å². The van der Waals surface area contributed by atoms with Crippen molar-refractivity contribution in [3.05, 3.63) is 64.7 Å². The second kappa shape index (κ2) is 13.0. The van der Waals surface area contributed by atoms with Gasteiger partial charge in [-0.25, -0.2) is 4.79 Å². The van der Waals surface area contributed by atoms with Crippen LogP contribution in [0.2, 0.25) is 5.02 Å². The van der Waals surface area contributed by atoms with E-state index in [0.717, 1.165) is 51.1 Å². The van der Waals surface area contributed by atoms with Gasteiger partial charge in [-0.3, -0.25) is 9.69 Å². The van der Waals surface area contributed by atoms with Crippen molar-refractivity contribution in [1.29, 1.82) is 0 Å². The highest BCUT2D eigenvalue weighted by atomic mass is 35.5. The smallest absolute Gasteiger partial charge is 0.475 e. The molecule has 2 aromatic rings. The molecule has 2 saturated heterocycles. The second-order valence-electron chi connectivity index (χ2n) is 11.2. The molecule has 10 heteroatoms. The van der Waals surface area contributed by atoms with Crippen molar-refractivity contribution < 1.29 is 27.9 Å². The first-order valence-electron chi connectivity index (χ1n) is 13.0. The molecule has 2 fully saturated rings. The molecule has 1 spiro atoms. The third-order valence-corrected chi connectivity index (χ3v) is 8.63. The van der Waals surface area contributed by atoms with Gasteiger partial charge in [0.1, 0.15) is 0 Å². The van der Waals surface area contributed by atoms with Crippen LogP contribution in [0.15, 0.2) is 53.4 Å². The van der Waals surface area contributed by atoms with Crippen LogP contribution in [0, 0.1) is 5.41 Å². The fourth-order valence-electron chi connectivity index (χ4n) is 4.95. The highest BCUT2D eigenvalue weighted by molar-refractivity contribution is 8.00. The van der Waals surface area contributed by atoms with E-state index >= 15 is 0 Å². The van der Waals surface area contributed by atoms with E-state index in [1.807, 2.05) is 28.8 Å². The van der Waals surface area contributed by atoms with E-state index in [1.165, 1.54) is 23.3 Å². The third-order valence-electron chi connectivity index (χ3n) is 7.14. The Hall–Kier alpha value is -2.23. The fraction of sp³-hybridized carbons (Fsp3) is 0.517. The average molecular weight is 585 g/mol. The third kappa shape index (κ3) is 9.43. The van der Waals surface area contributed by atoms with Crippen LogP contribution in [0.5, 0.6) is 0 Å². The Morgan fingerprint density at radius 1 is 0.923 bits per heavy atom. The molecule has 5 nitrogen and oxygen atoms in total.